The Bertz CT molecular complexity index is 1610. The lowest BCUT2D eigenvalue weighted by atomic mass is 10.0. The Kier molecular flexibility index (Phi) is 6.82. The lowest BCUT2D eigenvalue weighted by Gasteiger charge is -2.26. The third-order valence-electron chi connectivity index (χ3n) is 6.04. The molecule has 188 valence electrons. The van der Waals surface area contributed by atoms with Gasteiger partial charge in [-0.3, -0.25) is 4.79 Å². The number of fused-ring (bicyclic) bond motifs is 4. The molecule has 1 aliphatic heterocycles. The number of carbonyl (C=O) groups excluding carboxylic acids is 1. The maximum absolute atomic E-state index is 12.1. The molecule has 1 aromatic carbocycles. The summed E-state index contributed by atoms with van der Waals surface area (Å²) in [7, 11) is 0. The van der Waals surface area contributed by atoms with Crippen molar-refractivity contribution in [3.05, 3.63) is 77.8 Å². The maximum atomic E-state index is 12.1. The van der Waals surface area contributed by atoms with Crippen molar-refractivity contribution in [2.45, 2.75) is 33.7 Å². The molecule has 0 saturated carbocycles. The number of hydrogen-bond acceptors (Lipinski definition) is 8. The summed E-state index contributed by atoms with van der Waals surface area (Å²) in [4.78, 5) is 29.1. The Morgan fingerprint density at radius 1 is 1.16 bits per heavy atom. The summed E-state index contributed by atoms with van der Waals surface area (Å²) in [6.07, 6.45) is 7.02. The molecule has 0 unspecified atom stereocenters. The van der Waals surface area contributed by atoms with E-state index in [2.05, 4.69) is 31.9 Å². The summed E-state index contributed by atoms with van der Waals surface area (Å²) < 4.78 is 7.76. The van der Waals surface area contributed by atoms with E-state index in [4.69, 9.17) is 4.74 Å². The number of nitrogens with zero attached hydrogens (tertiary/aromatic N) is 6. The molecule has 1 amide bonds. The fraction of sp³-hybridized carbons (Fsp3) is 0.222. The first-order valence-corrected chi connectivity index (χ1v) is 12.9. The second-order valence-corrected chi connectivity index (χ2v) is 9.34. The van der Waals surface area contributed by atoms with Crippen molar-refractivity contribution < 1.29 is 9.53 Å². The van der Waals surface area contributed by atoms with Crippen LogP contribution in [0.15, 0.2) is 61.8 Å². The van der Waals surface area contributed by atoms with Crippen molar-refractivity contribution in [3.8, 4) is 11.5 Å². The zero-order valence-electron chi connectivity index (χ0n) is 20.9. The highest BCUT2D eigenvalue weighted by atomic mass is 32.1. The molecular formula is C27H27N7O2S. The number of pyridine rings is 1. The molecule has 1 N–H and O–H groups in total. The van der Waals surface area contributed by atoms with Gasteiger partial charge in [0.2, 0.25) is 5.91 Å². The monoisotopic (exact) mass is 513 g/mol. The number of anilines is 2. The van der Waals surface area contributed by atoms with Gasteiger partial charge in [0.25, 0.3) is 0 Å². The number of benzene rings is 1. The highest BCUT2D eigenvalue weighted by Gasteiger charge is 2.25. The number of rotatable bonds is 5. The molecule has 5 aromatic rings. The summed E-state index contributed by atoms with van der Waals surface area (Å²) in [5.74, 6) is 2.15. The van der Waals surface area contributed by atoms with Crippen LogP contribution in [-0.2, 0) is 17.8 Å². The molecule has 0 radical (unpaired) electrons. The molecule has 10 heteroatoms. The molecular weight excluding hydrogens is 486 g/mol. The van der Waals surface area contributed by atoms with E-state index >= 15 is 0 Å². The van der Waals surface area contributed by atoms with Gasteiger partial charge in [-0.25, -0.2) is 19.5 Å². The van der Waals surface area contributed by atoms with E-state index in [9.17, 15) is 4.79 Å². The summed E-state index contributed by atoms with van der Waals surface area (Å²) in [6.45, 7) is 10.8. The Morgan fingerprint density at radius 3 is 2.84 bits per heavy atom. The van der Waals surface area contributed by atoms with Crippen LogP contribution in [0.5, 0.6) is 11.5 Å². The van der Waals surface area contributed by atoms with Crippen molar-refractivity contribution in [1.82, 2.24) is 29.5 Å². The summed E-state index contributed by atoms with van der Waals surface area (Å²) >= 11 is 1.61. The fourth-order valence-electron chi connectivity index (χ4n) is 4.30. The largest absolute Gasteiger partial charge is 0.455 e. The van der Waals surface area contributed by atoms with Crippen molar-refractivity contribution in [1.29, 1.82) is 0 Å². The molecule has 9 nitrogen and oxygen atoms in total. The van der Waals surface area contributed by atoms with Crippen LogP contribution in [0.4, 0.5) is 11.5 Å². The highest BCUT2D eigenvalue weighted by Crippen LogP contribution is 2.38. The Labute approximate surface area is 218 Å². The van der Waals surface area contributed by atoms with Crippen LogP contribution < -0.4 is 10.1 Å². The van der Waals surface area contributed by atoms with E-state index < -0.39 is 0 Å². The number of carbonyl (C=O) groups is 1. The third kappa shape index (κ3) is 4.75. The van der Waals surface area contributed by atoms with Crippen LogP contribution in [0, 0.1) is 6.92 Å². The van der Waals surface area contributed by atoms with E-state index in [0.29, 0.717) is 18.8 Å². The van der Waals surface area contributed by atoms with Gasteiger partial charge in [-0.1, -0.05) is 20.4 Å². The Balaban J connectivity index is 0.00000137. The lowest BCUT2D eigenvalue weighted by Crippen LogP contribution is -2.34. The van der Waals surface area contributed by atoms with Gasteiger partial charge >= 0.3 is 0 Å². The second kappa shape index (κ2) is 10.4. The molecule has 4 aromatic heterocycles. The molecule has 0 bridgehead atoms. The van der Waals surface area contributed by atoms with Crippen LogP contribution in [0.3, 0.4) is 0 Å². The molecule has 6 rings (SSSR count). The van der Waals surface area contributed by atoms with Crippen LogP contribution in [-0.4, -0.2) is 41.9 Å². The predicted octanol–water partition coefficient (Wildman–Crippen LogP) is 5.68. The summed E-state index contributed by atoms with van der Waals surface area (Å²) in [6, 6.07) is 9.66. The number of aryl methyl sites for hydroxylation is 1. The zero-order valence-corrected chi connectivity index (χ0v) is 21.7. The van der Waals surface area contributed by atoms with Gasteiger partial charge in [0.15, 0.2) is 5.65 Å². The minimum Gasteiger partial charge on any atom is -0.455 e. The van der Waals surface area contributed by atoms with Crippen LogP contribution in [0.25, 0.3) is 15.9 Å². The number of ether oxygens (including phenoxy) is 1. The molecule has 0 saturated heterocycles. The van der Waals surface area contributed by atoms with Crippen LogP contribution in [0.2, 0.25) is 0 Å². The first kappa shape index (κ1) is 24.4. The Hall–Kier alpha value is -4.31. The zero-order chi connectivity index (χ0) is 25.9. The minimum absolute atomic E-state index is 0.0449. The number of aromatic nitrogens is 5. The fourth-order valence-corrected chi connectivity index (χ4v) is 5.51. The average Bonchev–Trinajstić information content (AvgIpc) is 3.55. The summed E-state index contributed by atoms with van der Waals surface area (Å²) in [5, 5.41) is 8.64. The van der Waals surface area contributed by atoms with Gasteiger partial charge in [-0.15, -0.1) is 11.3 Å². The predicted molar refractivity (Wildman–Crippen MR) is 146 cm³/mol. The SMILES string of the molecule is C=CC(=O)N1CCc2c(sc3ncnc(Nc4ccc(Oc5ccc6ncnn6c5)c(C)c4)c23)C1.CC. The minimum atomic E-state index is -0.0449. The topological polar surface area (TPSA) is 97.5 Å². The second-order valence-electron chi connectivity index (χ2n) is 8.26. The van der Waals surface area contributed by atoms with E-state index in [1.807, 2.05) is 56.0 Å². The molecule has 0 atom stereocenters. The van der Waals surface area contributed by atoms with Gasteiger partial charge in [0, 0.05) is 17.1 Å². The van der Waals surface area contributed by atoms with Gasteiger partial charge in [0.05, 0.1) is 18.1 Å². The molecule has 1 aliphatic rings. The molecule has 0 fully saturated rings. The smallest absolute Gasteiger partial charge is 0.246 e. The van der Waals surface area contributed by atoms with E-state index in [0.717, 1.165) is 50.0 Å². The summed E-state index contributed by atoms with van der Waals surface area (Å²) in [5.41, 5.74) is 3.85. The number of thiophene rings is 1. The standard InChI is InChI=1S/C25H21N7O2S.C2H6/c1-3-22(33)31-9-8-18-20(12-31)35-25-23(18)24(27-13-28-25)30-16-4-6-19(15(2)10-16)34-17-5-7-21-26-14-29-32(21)11-17;1-2/h3-7,10-11,13-14H,1,8-9,12H2,2H3,(H,27,28,30);1-2H3. The molecule has 0 aliphatic carbocycles. The number of amides is 1. The van der Waals surface area contributed by atoms with Crippen LogP contribution in [0.1, 0.15) is 29.9 Å². The van der Waals surface area contributed by atoms with Crippen LogP contribution >= 0.6 is 11.3 Å². The first-order valence-electron chi connectivity index (χ1n) is 12.1. The normalized spacial score (nSPS) is 12.6. The van der Waals surface area contributed by atoms with Gasteiger partial charge in [0.1, 0.15) is 34.8 Å². The Morgan fingerprint density at radius 2 is 2.03 bits per heavy atom. The van der Waals surface area contributed by atoms with Crippen molar-refractivity contribution in [3.63, 3.8) is 0 Å². The van der Waals surface area contributed by atoms with Crippen molar-refractivity contribution in [2.24, 2.45) is 0 Å². The molecule has 37 heavy (non-hydrogen) atoms. The van der Waals surface area contributed by atoms with Gasteiger partial charge in [-0.05, 0) is 60.9 Å². The van der Waals surface area contributed by atoms with E-state index in [1.165, 1.54) is 18.0 Å². The van der Waals surface area contributed by atoms with Gasteiger partial charge < -0.3 is 15.0 Å². The van der Waals surface area contributed by atoms with E-state index in [-0.39, 0.29) is 5.91 Å². The van der Waals surface area contributed by atoms with Gasteiger partial charge in [-0.2, -0.15) is 5.10 Å². The maximum Gasteiger partial charge on any atom is 0.246 e. The number of hydrogen-bond donors (Lipinski definition) is 1. The lowest BCUT2D eigenvalue weighted by molar-refractivity contribution is -0.126. The number of nitrogens with one attached hydrogen (secondary N) is 1. The quantitative estimate of drug-likeness (QED) is 0.302. The average molecular weight is 514 g/mol. The van der Waals surface area contributed by atoms with Crippen molar-refractivity contribution >= 4 is 44.6 Å². The third-order valence-corrected chi connectivity index (χ3v) is 7.16. The van der Waals surface area contributed by atoms with E-state index in [1.54, 1.807) is 28.4 Å². The first-order chi connectivity index (χ1) is 18.1. The highest BCUT2D eigenvalue weighted by molar-refractivity contribution is 7.19. The molecule has 5 heterocycles. The molecule has 0 spiro atoms. The van der Waals surface area contributed by atoms with Crippen molar-refractivity contribution in [2.75, 3.05) is 11.9 Å².